The van der Waals surface area contributed by atoms with Crippen LogP contribution in [-0.4, -0.2) is 16.7 Å². The molecule has 0 aromatic heterocycles. The van der Waals surface area contributed by atoms with E-state index in [9.17, 15) is 5.11 Å². The molecular formula is C11H23NO. The molecule has 0 spiro atoms. The minimum Gasteiger partial charge on any atom is -0.388 e. The third-order valence-corrected chi connectivity index (χ3v) is 3.64. The summed E-state index contributed by atoms with van der Waals surface area (Å²) in [6.45, 7) is 6.61. The van der Waals surface area contributed by atoms with E-state index in [0.717, 1.165) is 32.1 Å². The Morgan fingerprint density at radius 2 is 2.00 bits per heavy atom. The van der Waals surface area contributed by atoms with Crippen molar-refractivity contribution in [2.45, 2.75) is 64.5 Å². The first-order valence-electron chi connectivity index (χ1n) is 5.38. The summed E-state index contributed by atoms with van der Waals surface area (Å²) >= 11 is 0. The van der Waals surface area contributed by atoms with Crippen LogP contribution in [0.1, 0.15) is 52.9 Å². The molecule has 1 fully saturated rings. The van der Waals surface area contributed by atoms with Crippen molar-refractivity contribution in [3.05, 3.63) is 0 Å². The Labute approximate surface area is 81.5 Å². The average molecular weight is 185 g/mol. The fourth-order valence-corrected chi connectivity index (χ4v) is 1.84. The summed E-state index contributed by atoms with van der Waals surface area (Å²) < 4.78 is 0. The van der Waals surface area contributed by atoms with E-state index < -0.39 is 5.60 Å². The largest absolute Gasteiger partial charge is 0.388 e. The van der Waals surface area contributed by atoms with Gasteiger partial charge < -0.3 is 10.8 Å². The van der Waals surface area contributed by atoms with Crippen molar-refractivity contribution < 1.29 is 5.11 Å². The molecule has 1 saturated carbocycles. The molecule has 1 atom stereocenters. The van der Waals surface area contributed by atoms with Gasteiger partial charge in [0.25, 0.3) is 0 Å². The Morgan fingerprint density at radius 1 is 1.46 bits per heavy atom. The normalized spacial score (nSPS) is 23.8. The van der Waals surface area contributed by atoms with Crippen LogP contribution in [0.3, 0.4) is 0 Å². The topological polar surface area (TPSA) is 46.2 Å². The Kier molecular flexibility index (Phi) is 3.03. The predicted molar refractivity (Wildman–Crippen MR) is 55.5 cm³/mol. The smallest absolute Gasteiger partial charge is 0.0798 e. The molecule has 0 aromatic carbocycles. The monoisotopic (exact) mass is 185 g/mol. The maximum absolute atomic E-state index is 10.0. The Hall–Kier alpha value is -0.0800. The molecule has 2 heteroatoms. The van der Waals surface area contributed by atoms with Crippen LogP contribution in [0.15, 0.2) is 0 Å². The number of hydrogen-bond donors (Lipinski definition) is 2. The highest BCUT2D eigenvalue weighted by Gasteiger charge is 2.41. The third kappa shape index (κ3) is 2.44. The Balaban J connectivity index is 2.44. The van der Waals surface area contributed by atoms with Crippen molar-refractivity contribution in [1.29, 1.82) is 0 Å². The molecule has 0 aliphatic heterocycles. The van der Waals surface area contributed by atoms with Crippen molar-refractivity contribution in [2.24, 2.45) is 11.1 Å². The van der Waals surface area contributed by atoms with Crippen molar-refractivity contribution in [3.63, 3.8) is 0 Å². The minimum absolute atomic E-state index is 0.0313. The molecular weight excluding hydrogens is 162 g/mol. The van der Waals surface area contributed by atoms with Crippen LogP contribution in [0.5, 0.6) is 0 Å². The lowest BCUT2D eigenvalue weighted by molar-refractivity contribution is -0.0642. The second kappa shape index (κ2) is 3.58. The second-order valence-electron chi connectivity index (χ2n) is 5.29. The molecule has 78 valence electrons. The van der Waals surface area contributed by atoms with E-state index in [4.69, 9.17) is 5.73 Å². The summed E-state index contributed by atoms with van der Waals surface area (Å²) in [6.07, 6.45) is 4.98. The van der Waals surface area contributed by atoms with Gasteiger partial charge in [-0.15, -0.1) is 0 Å². The first-order valence-corrected chi connectivity index (χ1v) is 5.38. The fourth-order valence-electron chi connectivity index (χ4n) is 1.84. The second-order valence-corrected chi connectivity index (χ2v) is 5.29. The summed E-state index contributed by atoms with van der Waals surface area (Å²) in [5.74, 6) is 0. The van der Waals surface area contributed by atoms with Gasteiger partial charge in [-0.25, -0.2) is 0 Å². The zero-order valence-corrected chi connectivity index (χ0v) is 9.14. The fraction of sp³-hybridized carbons (Fsp3) is 1.00. The molecule has 0 radical (unpaired) electrons. The quantitative estimate of drug-likeness (QED) is 0.704. The van der Waals surface area contributed by atoms with Crippen LogP contribution >= 0.6 is 0 Å². The van der Waals surface area contributed by atoms with E-state index in [-0.39, 0.29) is 11.5 Å². The number of nitrogens with two attached hydrogens (primary N) is 1. The number of aliphatic hydroxyl groups is 1. The van der Waals surface area contributed by atoms with Crippen molar-refractivity contribution in [2.75, 3.05) is 0 Å². The Bertz CT molecular complexity index is 173. The molecule has 0 amide bonds. The first-order chi connectivity index (χ1) is 5.90. The third-order valence-electron chi connectivity index (χ3n) is 3.64. The van der Waals surface area contributed by atoms with E-state index in [0.29, 0.717) is 0 Å². The number of rotatable bonds is 4. The first kappa shape index (κ1) is 11.0. The van der Waals surface area contributed by atoms with Crippen LogP contribution in [0, 0.1) is 5.41 Å². The van der Waals surface area contributed by atoms with E-state index >= 15 is 0 Å². The molecule has 0 saturated heterocycles. The van der Waals surface area contributed by atoms with Gasteiger partial charge in [0.05, 0.1) is 5.60 Å². The van der Waals surface area contributed by atoms with Gasteiger partial charge in [-0.1, -0.05) is 27.2 Å². The summed E-state index contributed by atoms with van der Waals surface area (Å²) in [5, 5.41) is 10.0. The van der Waals surface area contributed by atoms with Crippen LogP contribution in [0.25, 0.3) is 0 Å². The van der Waals surface area contributed by atoms with Gasteiger partial charge in [0.2, 0.25) is 0 Å². The highest BCUT2D eigenvalue weighted by atomic mass is 16.3. The lowest BCUT2D eigenvalue weighted by Crippen LogP contribution is -2.54. The lowest BCUT2D eigenvalue weighted by Gasteiger charge is -2.44. The molecule has 1 aliphatic rings. The molecule has 2 nitrogen and oxygen atoms in total. The molecule has 0 aromatic rings. The van der Waals surface area contributed by atoms with Crippen molar-refractivity contribution in [3.8, 4) is 0 Å². The standard InChI is InChI=1S/C11H23NO/c1-4-10(2,3)8-9(12)11(13)6-5-7-11/h9,13H,4-8,12H2,1-3H3. The van der Waals surface area contributed by atoms with Gasteiger partial charge >= 0.3 is 0 Å². The zero-order chi connectivity index (χ0) is 10.1. The van der Waals surface area contributed by atoms with Gasteiger partial charge in [0.1, 0.15) is 0 Å². The van der Waals surface area contributed by atoms with Crippen LogP contribution in [0.2, 0.25) is 0 Å². The zero-order valence-electron chi connectivity index (χ0n) is 9.14. The molecule has 3 N–H and O–H groups in total. The lowest BCUT2D eigenvalue weighted by atomic mass is 9.69. The molecule has 13 heavy (non-hydrogen) atoms. The van der Waals surface area contributed by atoms with Crippen molar-refractivity contribution >= 4 is 0 Å². The maximum Gasteiger partial charge on any atom is 0.0798 e. The van der Waals surface area contributed by atoms with Gasteiger partial charge in [-0.2, -0.15) is 0 Å². The molecule has 1 rings (SSSR count). The number of hydrogen-bond acceptors (Lipinski definition) is 2. The minimum atomic E-state index is -0.535. The van der Waals surface area contributed by atoms with Gasteiger partial charge in [-0.3, -0.25) is 0 Å². The van der Waals surface area contributed by atoms with E-state index in [1.165, 1.54) is 0 Å². The van der Waals surface area contributed by atoms with Gasteiger partial charge in [-0.05, 0) is 31.1 Å². The summed E-state index contributed by atoms with van der Waals surface area (Å²) in [6, 6.07) is -0.0313. The molecule has 1 aliphatic carbocycles. The van der Waals surface area contributed by atoms with E-state index in [2.05, 4.69) is 20.8 Å². The average Bonchev–Trinajstić information content (AvgIpc) is 1.99. The highest BCUT2D eigenvalue weighted by molar-refractivity contribution is 4.98. The van der Waals surface area contributed by atoms with Crippen molar-refractivity contribution in [1.82, 2.24) is 0 Å². The van der Waals surface area contributed by atoms with Crippen LogP contribution in [-0.2, 0) is 0 Å². The van der Waals surface area contributed by atoms with Gasteiger partial charge in [0.15, 0.2) is 0 Å². The van der Waals surface area contributed by atoms with E-state index in [1.54, 1.807) is 0 Å². The van der Waals surface area contributed by atoms with Crippen LogP contribution in [0.4, 0.5) is 0 Å². The van der Waals surface area contributed by atoms with E-state index in [1.807, 2.05) is 0 Å². The maximum atomic E-state index is 10.0. The van der Waals surface area contributed by atoms with Crippen LogP contribution < -0.4 is 5.73 Å². The highest BCUT2D eigenvalue weighted by Crippen LogP contribution is 2.38. The Morgan fingerprint density at radius 3 is 2.31 bits per heavy atom. The predicted octanol–water partition coefficient (Wildman–Crippen LogP) is 2.05. The molecule has 0 heterocycles. The summed E-state index contributed by atoms with van der Waals surface area (Å²) in [4.78, 5) is 0. The summed E-state index contributed by atoms with van der Waals surface area (Å²) in [5.41, 5.74) is 5.76. The SMILES string of the molecule is CCC(C)(C)CC(N)C1(O)CCC1. The summed E-state index contributed by atoms with van der Waals surface area (Å²) in [7, 11) is 0. The van der Waals surface area contributed by atoms with Gasteiger partial charge in [0, 0.05) is 6.04 Å². The molecule has 1 unspecified atom stereocenters. The molecule has 0 bridgehead atoms.